The quantitative estimate of drug-likeness (QED) is 0.607. The topological polar surface area (TPSA) is 12.0 Å². The van der Waals surface area contributed by atoms with E-state index in [0.29, 0.717) is 17.8 Å². The molecule has 0 fully saturated rings. The van der Waals surface area contributed by atoms with Gasteiger partial charge in [-0.05, 0) is 6.92 Å². The predicted octanol–water partition coefficient (Wildman–Crippen LogP) is 1.44. The molecule has 3 heteroatoms. The third kappa shape index (κ3) is 4.69. The molecule has 0 aliphatic rings. The van der Waals surface area contributed by atoms with Crippen LogP contribution in [-0.2, 0) is 0 Å². The molecule has 0 heterocycles. The van der Waals surface area contributed by atoms with Crippen LogP contribution < -0.4 is 5.32 Å². The highest BCUT2D eigenvalue weighted by molar-refractivity contribution is 6.18. The molecule has 50 valence electrons. The maximum absolute atomic E-state index is 5.48. The van der Waals surface area contributed by atoms with E-state index in [4.69, 9.17) is 23.2 Å². The van der Waals surface area contributed by atoms with Crippen LogP contribution in [0.1, 0.15) is 6.92 Å². The van der Waals surface area contributed by atoms with Crippen molar-refractivity contribution in [3.05, 3.63) is 0 Å². The number of alkyl halides is 2. The van der Waals surface area contributed by atoms with E-state index in [1.54, 1.807) is 0 Å². The van der Waals surface area contributed by atoms with Crippen molar-refractivity contribution in [1.82, 2.24) is 5.32 Å². The van der Waals surface area contributed by atoms with Gasteiger partial charge < -0.3 is 5.32 Å². The molecule has 1 N–H and O–H groups in total. The summed E-state index contributed by atoms with van der Waals surface area (Å²) in [5.41, 5.74) is 0. The Morgan fingerprint density at radius 1 is 1.50 bits per heavy atom. The Hall–Kier alpha value is 0.540. The van der Waals surface area contributed by atoms with E-state index in [2.05, 4.69) is 5.32 Å². The second-order valence-corrected chi connectivity index (χ2v) is 2.39. The van der Waals surface area contributed by atoms with Gasteiger partial charge in [0.25, 0.3) is 0 Å². The van der Waals surface area contributed by atoms with E-state index < -0.39 is 0 Å². The van der Waals surface area contributed by atoms with E-state index in [0.717, 1.165) is 6.54 Å². The van der Waals surface area contributed by atoms with Crippen LogP contribution in [0.25, 0.3) is 0 Å². The summed E-state index contributed by atoms with van der Waals surface area (Å²) in [5, 5.41) is 3.12. The van der Waals surface area contributed by atoms with Crippen molar-refractivity contribution >= 4 is 23.2 Å². The van der Waals surface area contributed by atoms with Crippen molar-refractivity contribution in [2.45, 2.75) is 13.0 Å². The monoisotopic (exact) mass is 155 g/mol. The average Bonchev–Trinajstić information content (AvgIpc) is 1.83. The van der Waals surface area contributed by atoms with Gasteiger partial charge in [0.15, 0.2) is 0 Å². The fraction of sp³-hybridized carbons (Fsp3) is 1.00. The highest BCUT2D eigenvalue weighted by Gasteiger charge is 1.94. The van der Waals surface area contributed by atoms with Crippen molar-refractivity contribution in [1.29, 1.82) is 0 Å². The first-order valence-electron chi connectivity index (χ1n) is 2.66. The van der Waals surface area contributed by atoms with Crippen molar-refractivity contribution in [3.63, 3.8) is 0 Å². The lowest BCUT2D eigenvalue weighted by Gasteiger charge is -2.06. The maximum Gasteiger partial charge on any atom is 0.0374 e. The fourth-order valence-electron chi connectivity index (χ4n) is 0.356. The van der Waals surface area contributed by atoms with Crippen LogP contribution in [0.3, 0.4) is 0 Å². The molecular formula is C5H11Cl2N. The zero-order valence-corrected chi connectivity index (χ0v) is 6.47. The van der Waals surface area contributed by atoms with Gasteiger partial charge in [-0.2, -0.15) is 0 Å². The molecule has 1 nitrogen and oxygen atoms in total. The number of hydrogen-bond donors (Lipinski definition) is 1. The van der Waals surface area contributed by atoms with E-state index in [1.807, 2.05) is 6.92 Å². The number of rotatable bonds is 4. The van der Waals surface area contributed by atoms with Crippen molar-refractivity contribution in [2.75, 3.05) is 18.3 Å². The minimum Gasteiger partial charge on any atom is -0.312 e. The lowest BCUT2D eigenvalue weighted by atomic mass is 10.4. The molecule has 0 aliphatic carbocycles. The SMILES string of the molecule is C[C@@H](CCl)NCCCl. The van der Waals surface area contributed by atoms with Crippen LogP contribution in [0.5, 0.6) is 0 Å². The second-order valence-electron chi connectivity index (χ2n) is 1.70. The van der Waals surface area contributed by atoms with E-state index in [1.165, 1.54) is 0 Å². The van der Waals surface area contributed by atoms with Gasteiger partial charge in [-0.3, -0.25) is 0 Å². The molecule has 8 heavy (non-hydrogen) atoms. The summed E-state index contributed by atoms with van der Waals surface area (Å²) in [5.74, 6) is 1.30. The fourth-order valence-corrected chi connectivity index (χ4v) is 0.574. The minimum atomic E-state index is 0.385. The molecule has 0 spiro atoms. The molecule has 0 amide bonds. The van der Waals surface area contributed by atoms with Gasteiger partial charge in [0.05, 0.1) is 0 Å². The number of hydrogen-bond acceptors (Lipinski definition) is 1. The molecule has 0 aromatic heterocycles. The molecule has 0 bridgehead atoms. The van der Waals surface area contributed by atoms with Crippen LogP contribution in [-0.4, -0.2) is 24.3 Å². The summed E-state index contributed by atoms with van der Waals surface area (Å²) < 4.78 is 0. The van der Waals surface area contributed by atoms with Crippen LogP contribution in [0.15, 0.2) is 0 Å². The van der Waals surface area contributed by atoms with Crippen LogP contribution in [0.2, 0.25) is 0 Å². The van der Waals surface area contributed by atoms with Gasteiger partial charge in [0, 0.05) is 24.3 Å². The maximum atomic E-state index is 5.48. The molecule has 1 atom stereocenters. The van der Waals surface area contributed by atoms with Crippen molar-refractivity contribution in [3.8, 4) is 0 Å². The number of nitrogens with one attached hydrogen (secondary N) is 1. The smallest absolute Gasteiger partial charge is 0.0374 e. The second kappa shape index (κ2) is 5.67. The highest BCUT2D eigenvalue weighted by Crippen LogP contribution is 1.84. The molecule has 0 saturated heterocycles. The van der Waals surface area contributed by atoms with Gasteiger partial charge in [0.1, 0.15) is 0 Å². The Labute approximate surface area is 60.4 Å². The molecular weight excluding hydrogens is 145 g/mol. The lowest BCUT2D eigenvalue weighted by molar-refractivity contribution is 0.620. The summed E-state index contributed by atoms with van der Waals surface area (Å²) in [7, 11) is 0. The molecule has 0 saturated carbocycles. The minimum absolute atomic E-state index is 0.385. The highest BCUT2D eigenvalue weighted by atomic mass is 35.5. The van der Waals surface area contributed by atoms with E-state index >= 15 is 0 Å². The molecule has 0 rings (SSSR count). The Kier molecular flexibility index (Phi) is 6.06. The summed E-state index contributed by atoms with van der Waals surface area (Å²) in [6.45, 7) is 2.87. The first-order valence-corrected chi connectivity index (χ1v) is 3.73. The number of halogens is 2. The third-order valence-corrected chi connectivity index (χ3v) is 1.47. The van der Waals surface area contributed by atoms with Crippen LogP contribution in [0.4, 0.5) is 0 Å². The normalized spacial score (nSPS) is 13.9. The van der Waals surface area contributed by atoms with E-state index in [9.17, 15) is 0 Å². The molecule has 0 unspecified atom stereocenters. The van der Waals surface area contributed by atoms with Gasteiger partial charge in [0.2, 0.25) is 0 Å². The largest absolute Gasteiger partial charge is 0.312 e. The Morgan fingerprint density at radius 2 is 2.12 bits per heavy atom. The summed E-state index contributed by atoms with van der Waals surface area (Å²) in [6.07, 6.45) is 0. The molecule has 0 aromatic carbocycles. The van der Waals surface area contributed by atoms with Gasteiger partial charge in [-0.1, -0.05) is 0 Å². The first-order chi connectivity index (χ1) is 3.81. The van der Waals surface area contributed by atoms with Gasteiger partial charge >= 0.3 is 0 Å². The Bertz CT molecular complexity index is 49.7. The zero-order chi connectivity index (χ0) is 6.41. The van der Waals surface area contributed by atoms with Crippen LogP contribution >= 0.6 is 23.2 Å². The Balaban J connectivity index is 2.86. The molecule has 0 aromatic rings. The standard InChI is InChI=1S/C5H11Cl2N/c1-5(4-7)8-3-2-6/h5,8H,2-4H2,1H3/t5-/m0/s1. The third-order valence-electron chi connectivity index (χ3n) is 0.819. The first kappa shape index (κ1) is 8.54. The summed E-state index contributed by atoms with van der Waals surface area (Å²) in [4.78, 5) is 0. The van der Waals surface area contributed by atoms with Gasteiger partial charge in [-0.15, -0.1) is 23.2 Å². The van der Waals surface area contributed by atoms with E-state index in [-0.39, 0.29) is 0 Å². The average molecular weight is 156 g/mol. The lowest BCUT2D eigenvalue weighted by Crippen LogP contribution is -2.28. The zero-order valence-electron chi connectivity index (χ0n) is 4.95. The molecule has 0 radical (unpaired) electrons. The predicted molar refractivity (Wildman–Crippen MR) is 38.9 cm³/mol. The van der Waals surface area contributed by atoms with Gasteiger partial charge in [-0.25, -0.2) is 0 Å². The van der Waals surface area contributed by atoms with Crippen molar-refractivity contribution in [2.24, 2.45) is 0 Å². The molecule has 0 aliphatic heterocycles. The Morgan fingerprint density at radius 3 is 2.50 bits per heavy atom. The van der Waals surface area contributed by atoms with Crippen molar-refractivity contribution < 1.29 is 0 Å². The summed E-state index contributed by atoms with van der Waals surface area (Å²) >= 11 is 10.9. The summed E-state index contributed by atoms with van der Waals surface area (Å²) in [6, 6.07) is 0.385. The van der Waals surface area contributed by atoms with Crippen LogP contribution in [0, 0.1) is 0 Å².